The molecular formula is C13H14F3N3. The van der Waals surface area contributed by atoms with E-state index in [0.717, 1.165) is 19.2 Å². The lowest BCUT2D eigenvalue weighted by Gasteiger charge is -2.39. The average Bonchev–Trinajstić information content (AvgIpc) is 2.31. The number of rotatable bonds is 3. The van der Waals surface area contributed by atoms with Gasteiger partial charge in [-0.05, 0) is 25.1 Å². The number of halogens is 3. The molecule has 1 heterocycles. The van der Waals surface area contributed by atoms with Crippen LogP contribution in [0, 0.1) is 11.3 Å². The summed E-state index contributed by atoms with van der Waals surface area (Å²) in [5.41, 5.74) is -0.532. The molecule has 1 saturated heterocycles. The van der Waals surface area contributed by atoms with E-state index in [-0.39, 0.29) is 11.6 Å². The largest absolute Gasteiger partial charge is 0.417 e. The van der Waals surface area contributed by atoms with Gasteiger partial charge in [-0.1, -0.05) is 0 Å². The predicted molar refractivity (Wildman–Crippen MR) is 65.8 cm³/mol. The van der Waals surface area contributed by atoms with E-state index < -0.39 is 11.7 Å². The zero-order valence-corrected chi connectivity index (χ0v) is 10.5. The molecule has 0 bridgehead atoms. The summed E-state index contributed by atoms with van der Waals surface area (Å²) in [6.07, 6.45) is -4.49. The van der Waals surface area contributed by atoms with Crippen LogP contribution in [0.15, 0.2) is 18.2 Å². The van der Waals surface area contributed by atoms with E-state index in [1.165, 1.54) is 12.1 Å². The highest BCUT2D eigenvalue weighted by Crippen LogP contribution is 2.34. The summed E-state index contributed by atoms with van der Waals surface area (Å²) in [5.74, 6) is 0. The summed E-state index contributed by atoms with van der Waals surface area (Å²) in [7, 11) is 0. The van der Waals surface area contributed by atoms with Crippen LogP contribution in [0.4, 0.5) is 18.9 Å². The maximum atomic E-state index is 12.7. The predicted octanol–water partition coefficient (Wildman–Crippen LogP) is 2.38. The van der Waals surface area contributed by atoms with E-state index in [1.807, 2.05) is 11.8 Å². The van der Waals surface area contributed by atoms with Crippen molar-refractivity contribution < 1.29 is 13.2 Å². The highest BCUT2D eigenvalue weighted by atomic mass is 19.4. The van der Waals surface area contributed by atoms with E-state index in [1.54, 1.807) is 6.07 Å². The lowest BCUT2D eigenvalue weighted by molar-refractivity contribution is -0.137. The third kappa shape index (κ3) is 2.66. The normalized spacial score (nSPS) is 15.7. The Balaban J connectivity index is 2.36. The highest BCUT2D eigenvalue weighted by molar-refractivity contribution is 5.56. The molecule has 1 aromatic rings. The van der Waals surface area contributed by atoms with Gasteiger partial charge in [0.25, 0.3) is 0 Å². The summed E-state index contributed by atoms with van der Waals surface area (Å²) < 4.78 is 38.1. The first kappa shape index (κ1) is 13.7. The van der Waals surface area contributed by atoms with Crippen molar-refractivity contribution in [1.82, 2.24) is 5.32 Å². The molecule has 0 spiro atoms. The molecule has 19 heavy (non-hydrogen) atoms. The second-order valence-corrected chi connectivity index (χ2v) is 4.44. The fourth-order valence-electron chi connectivity index (χ4n) is 2.20. The number of nitrogens with one attached hydrogen (secondary N) is 1. The second kappa shape index (κ2) is 5.10. The zero-order valence-electron chi connectivity index (χ0n) is 10.5. The van der Waals surface area contributed by atoms with Gasteiger partial charge in [0.2, 0.25) is 0 Å². The Hall–Kier alpha value is -1.74. The highest BCUT2D eigenvalue weighted by Gasteiger charge is 2.34. The molecule has 0 atom stereocenters. The van der Waals surface area contributed by atoms with Crippen LogP contribution in [-0.4, -0.2) is 25.7 Å². The SMILES string of the molecule is CCN(c1ccc(C(F)(F)F)c(C#N)c1)C1CNC1. The quantitative estimate of drug-likeness (QED) is 0.915. The molecule has 0 aliphatic carbocycles. The molecular weight excluding hydrogens is 255 g/mol. The Morgan fingerprint density at radius 1 is 1.42 bits per heavy atom. The van der Waals surface area contributed by atoms with Crippen molar-refractivity contribution in [2.75, 3.05) is 24.5 Å². The Labute approximate surface area is 109 Å². The van der Waals surface area contributed by atoms with Gasteiger partial charge in [0.05, 0.1) is 23.2 Å². The minimum Gasteiger partial charge on any atom is -0.366 e. The molecule has 102 valence electrons. The van der Waals surface area contributed by atoms with Gasteiger partial charge in [-0.2, -0.15) is 18.4 Å². The molecule has 0 unspecified atom stereocenters. The number of nitriles is 1. The molecule has 1 aliphatic heterocycles. The third-order valence-corrected chi connectivity index (χ3v) is 3.30. The van der Waals surface area contributed by atoms with Gasteiger partial charge in [-0.3, -0.25) is 0 Å². The molecule has 1 aliphatic rings. The molecule has 0 radical (unpaired) electrons. The van der Waals surface area contributed by atoms with Crippen molar-refractivity contribution in [1.29, 1.82) is 5.26 Å². The van der Waals surface area contributed by atoms with Crippen LogP contribution in [0.1, 0.15) is 18.1 Å². The minimum atomic E-state index is -4.49. The Bertz CT molecular complexity index is 501. The molecule has 1 N–H and O–H groups in total. The van der Waals surface area contributed by atoms with Crippen LogP contribution < -0.4 is 10.2 Å². The number of likely N-dealkylation sites (N-methyl/N-ethyl adjacent to an activating group) is 1. The fourth-order valence-corrected chi connectivity index (χ4v) is 2.20. The fraction of sp³-hybridized carbons (Fsp3) is 0.462. The lowest BCUT2D eigenvalue weighted by atomic mass is 10.0. The molecule has 3 nitrogen and oxygen atoms in total. The number of benzene rings is 1. The monoisotopic (exact) mass is 269 g/mol. The standard InChI is InChI=1S/C13H14F3N3/c1-2-19(11-7-18-8-11)10-3-4-12(13(14,15)16)9(5-10)6-17/h3-5,11,18H,2,7-8H2,1H3. The molecule has 1 aromatic carbocycles. The van der Waals surface area contributed by atoms with Gasteiger partial charge in [0.15, 0.2) is 0 Å². The summed E-state index contributed by atoms with van der Waals surface area (Å²) in [6, 6.07) is 5.67. The van der Waals surface area contributed by atoms with Crippen LogP contribution in [0.3, 0.4) is 0 Å². The first-order valence-corrected chi connectivity index (χ1v) is 6.06. The van der Waals surface area contributed by atoms with Crippen LogP contribution in [0.25, 0.3) is 0 Å². The summed E-state index contributed by atoms with van der Waals surface area (Å²) in [5, 5.41) is 12.0. The number of anilines is 1. The molecule has 0 amide bonds. The molecule has 1 fully saturated rings. The van der Waals surface area contributed by atoms with E-state index in [0.29, 0.717) is 12.2 Å². The summed E-state index contributed by atoms with van der Waals surface area (Å²) in [4.78, 5) is 2.01. The van der Waals surface area contributed by atoms with Crippen LogP contribution in [0.2, 0.25) is 0 Å². The van der Waals surface area contributed by atoms with Crippen molar-refractivity contribution in [3.63, 3.8) is 0 Å². The van der Waals surface area contributed by atoms with E-state index in [9.17, 15) is 13.2 Å². The Kier molecular flexibility index (Phi) is 3.67. The average molecular weight is 269 g/mol. The maximum absolute atomic E-state index is 12.7. The van der Waals surface area contributed by atoms with Gasteiger partial charge in [0, 0.05) is 25.3 Å². The van der Waals surface area contributed by atoms with Gasteiger partial charge in [-0.15, -0.1) is 0 Å². The lowest BCUT2D eigenvalue weighted by Crippen LogP contribution is -2.57. The van der Waals surface area contributed by atoms with Crippen molar-refractivity contribution >= 4 is 5.69 Å². The molecule has 6 heteroatoms. The summed E-state index contributed by atoms with van der Waals surface area (Å²) >= 11 is 0. The van der Waals surface area contributed by atoms with Crippen LogP contribution >= 0.6 is 0 Å². The molecule has 0 saturated carbocycles. The zero-order chi connectivity index (χ0) is 14.0. The van der Waals surface area contributed by atoms with Crippen LogP contribution in [-0.2, 0) is 6.18 Å². The number of hydrogen-bond donors (Lipinski definition) is 1. The third-order valence-electron chi connectivity index (χ3n) is 3.30. The van der Waals surface area contributed by atoms with Crippen LogP contribution in [0.5, 0.6) is 0 Å². The smallest absolute Gasteiger partial charge is 0.366 e. The number of nitrogens with zero attached hydrogens (tertiary/aromatic N) is 2. The van der Waals surface area contributed by atoms with Crippen molar-refractivity contribution in [2.45, 2.75) is 19.1 Å². The van der Waals surface area contributed by atoms with E-state index >= 15 is 0 Å². The Morgan fingerprint density at radius 3 is 2.53 bits per heavy atom. The van der Waals surface area contributed by atoms with E-state index in [4.69, 9.17) is 5.26 Å². The number of hydrogen-bond acceptors (Lipinski definition) is 3. The second-order valence-electron chi connectivity index (χ2n) is 4.44. The maximum Gasteiger partial charge on any atom is 0.417 e. The number of alkyl halides is 3. The Morgan fingerprint density at radius 2 is 2.11 bits per heavy atom. The van der Waals surface area contributed by atoms with Gasteiger partial charge in [0.1, 0.15) is 0 Å². The van der Waals surface area contributed by atoms with Gasteiger partial charge >= 0.3 is 6.18 Å². The van der Waals surface area contributed by atoms with Crippen molar-refractivity contribution in [3.8, 4) is 6.07 Å². The first-order chi connectivity index (χ1) is 8.97. The van der Waals surface area contributed by atoms with Gasteiger partial charge < -0.3 is 10.2 Å². The van der Waals surface area contributed by atoms with Gasteiger partial charge in [-0.25, -0.2) is 0 Å². The first-order valence-electron chi connectivity index (χ1n) is 6.06. The summed E-state index contributed by atoms with van der Waals surface area (Å²) in [6.45, 7) is 4.28. The molecule has 2 rings (SSSR count). The van der Waals surface area contributed by atoms with Crippen molar-refractivity contribution in [3.05, 3.63) is 29.3 Å². The topological polar surface area (TPSA) is 39.1 Å². The minimum absolute atomic E-state index is 0.285. The molecule has 0 aromatic heterocycles. The van der Waals surface area contributed by atoms with Crippen molar-refractivity contribution in [2.24, 2.45) is 0 Å². The van der Waals surface area contributed by atoms with E-state index in [2.05, 4.69) is 5.32 Å².